The molecule has 0 N–H and O–H groups in total. The molecule has 0 amide bonds. The second kappa shape index (κ2) is 45.6. The van der Waals surface area contributed by atoms with E-state index in [-0.39, 0.29) is 29.7 Å². The van der Waals surface area contributed by atoms with Crippen molar-refractivity contribution in [1.82, 2.24) is 0 Å². The van der Waals surface area contributed by atoms with Crippen LogP contribution in [0.15, 0.2) is 0 Å². The molecule has 0 rings (SSSR count). The highest BCUT2D eigenvalue weighted by atomic mass is 16.5. The van der Waals surface area contributed by atoms with Crippen LogP contribution in [0.1, 0.15) is 125 Å². The average Bonchev–Trinajstić information content (AvgIpc) is 2.55. The molecule has 1 atom stereocenters. The molecule has 0 aliphatic rings. The van der Waals surface area contributed by atoms with E-state index < -0.39 is 0 Å². The van der Waals surface area contributed by atoms with Gasteiger partial charge in [0.15, 0.2) is 0 Å². The first-order valence-corrected chi connectivity index (χ1v) is 10.1. The van der Waals surface area contributed by atoms with Gasteiger partial charge in [-0.3, -0.25) is 0 Å². The van der Waals surface area contributed by atoms with E-state index in [1.807, 2.05) is 0 Å². The number of hydrogen-bond acceptors (Lipinski definition) is 2. The fourth-order valence-corrected chi connectivity index (χ4v) is 1.02. The van der Waals surface area contributed by atoms with E-state index in [1.165, 1.54) is 25.7 Å². The molecular formula is C26H68O2. The zero-order valence-corrected chi connectivity index (χ0v) is 19.4. The summed E-state index contributed by atoms with van der Waals surface area (Å²) in [6, 6.07) is 0. The van der Waals surface area contributed by atoms with E-state index in [2.05, 4.69) is 69.2 Å². The molecule has 28 heavy (non-hydrogen) atoms. The molecule has 0 aromatic heterocycles. The smallest absolute Gasteiger partial charge is 0.0487 e. The SMILES string of the molecule is C.C.C.C.CCC(C)C.CCC(C)CC.CCC(C)COC.COCC(C)C. The van der Waals surface area contributed by atoms with Crippen molar-refractivity contribution in [3.05, 3.63) is 0 Å². The highest BCUT2D eigenvalue weighted by Gasteiger charge is 1.93. The summed E-state index contributed by atoms with van der Waals surface area (Å²) < 4.78 is 9.70. The lowest BCUT2D eigenvalue weighted by atomic mass is 10.1. The van der Waals surface area contributed by atoms with Crippen LogP contribution in [-0.4, -0.2) is 27.4 Å². The molecule has 0 fully saturated rings. The van der Waals surface area contributed by atoms with Gasteiger partial charge in [-0.2, -0.15) is 0 Å². The Bertz CT molecular complexity index is 175. The first-order chi connectivity index (χ1) is 11.2. The van der Waals surface area contributed by atoms with Crippen molar-refractivity contribution < 1.29 is 9.47 Å². The van der Waals surface area contributed by atoms with Crippen LogP contribution in [0.25, 0.3) is 0 Å². The first kappa shape index (κ1) is 51.0. The van der Waals surface area contributed by atoms with E-state index in [9.17, 15) is 0 Å². The van der Waals surface area contributed by atoms with Gasteiger partial charge in [0.25, 0.3) is 0 Å². The number of ether oxygens (including phenoxy) is 2. The molecule has 0 radical (unpaired) electrons. The van der Waals surface area contributed by atoms with E-state index in [1.54, 1.807) is 14.2 Å². The largest absolute Gasteiger partial charge is 0.384 e. The second-order valence-electron chi connectivity index (χ2n) is 7.54. The van der Waals surface area contributed by atoms with Gasteiger partial charge >= 0.3 is 0 Å². The summed E-state index contributed by atoms with van der Waals surface area (Å²) in [6.07, 6.45) is 5.18. The molecule has 0 saturated heterocycles. The van der Waals surface area contributed by atoms with Gasteiger partial charge in [0.2, 0.25) is 0 Å². The van der Waals surface area contributed by atoms with Crippen molar-refractivity contribution in [3.63, 3.8) is 0 Å². The Morgan fingerprint density at radius 1 is 0.464 bits per heavy atom. The van der Waals surface area contributed by atoms with Crippen LogP contribution in [0.2, 0.25) is 0 Å². The lowest BCUT2D eigenvalue weighted by Gasteiger charge is -2.03. The van der Waals surface area contributed by atoms with Crippen LogP contribution in [0, 0.1) is 23.7 Å². The molecular weight excluding hydrogens is 344 g/mol. The van der Waals surface area contributed by atoms with Gasteiger partial charge in [0.05, 0.1) is 0 Å². The molecule has 184 valence electrons. The highest BCUT2D eigenvalue weighted by Crippen LogP contribution is 2.02. The molecule has 1 unspecified atom stereocenters. The number of hydrogen-bond donors (Lipinski definition) is 0. The molecule has 0 saturated carbocycles. The van der Waals surface area contributed by atoms with Crippen molar-refractivity contribution in [2.24, 2.45) is 23.7 Å². The second-order valence-corrected chi connectivity index (χ2v) is 7.54. The van der Waals surface area contributed by atoms with Crippen LogP contribution in [-0.2, 0) is 9.47 Å². The van der Waals surface area contributed by atoms with Crippen LogP contribution in [0.4, 0.5) is 0 Å². The summed E-state index contributed by atoms with van der Waals surface area (Å²) in [5.74, 6) is 3.22. The predicted octanol–water partition coefficient (Wildman–Crippen LogP) is 10.0. The minimum absolute atomic E-state index is 0. The van der Waals surface area contributed by atoms with Gasteiger partial charge in [-0.05, 0) is 23.7 Å². The standard InChI is InChI=1S/C6H14O.C6H14.C5H12O.C5H12.4CH4/c1-4-6(2)5-7-3;1-4-6(3)5-2;1-5(2)4-6-3;1-4-5(2)3;;;;/h6H,4-5H2,1-3H3;6H,4-5H2,1-3H3;5H,4H2,1-3H3;5H,4H2,1-3H3;4*1H4. The maximum absolute atomic E-state index is 4.89. The Morgan fingerprint density at radius 2 is 0.750 bits per heavy atom. The van der Waals surface area contributed by atoms with Gasteiger partial charge in [-0.25, -0.2) is 0 Å². The minimum Gasteiger partial charge on any atom is -0.384 e. The monoisotopic (exact) mass is 413 g/mol. The summed E-state index contributed by atoms with van der Waals surface area (Å²) in [6.45, 7) is 23.8. The van der Waals surface area contributed by atoms with Crippen molar-refractivity contribution in [2.45, 2.75) is 125 Å². The van der Waals surface area contributed by atoms with E-state index in [4.69, 9.17) is 9.47 Å². The third kappa shape index (κ3) is 83.1. The third-order valence-corrected chi connectivity index (χ3v) is 3.86. The zero-order valence-electron chi connectivity index (χ0n) is 19.4. The van der Waals surface area contributed by atoms with Crippen molar-refractivity contribution in [1.29, 1.82) is 0 Å². The molecule has 0 aromatic rings. The molecule has 2 heteroatoms. The Hall–Kier alpha value is -0.0800. The lowest BCUT2D eigenvalue weighted by Crippen LogP contribution is -2.00. The lowest BCUT2D eigenvalue weighted by molar-refractivity contribution is 0.158. The van der Waals surface area contributed by atoms with Crippen molar-refractivity contribution in [2.75, 3.05) is 27.4 Å². The van der Waals surface area contributed by atoms with Gasteiger partial charge in [-0.1, -0.05) is 125 Å². The van der Waals surface area contributed by atoms with E-state index in [0.29, 0.717) is 5.92 Å². The third-order valence-electron chi connectivity index (χ3n) is 3.86. The normalized spacial score (nSPS) is 9.54. The van der Waals surface area contributed by atoms with Crippen molar-refractivity contribution in [3.8, 4) is 0 Å². The van der Waals surface area contributed by atoms with Crippen LogP contribution >= 0.6 is 0 Å². The highest BCUT2D eigenvalue weighted by molar-refractivity contribution is 4.43. The Labute approximate surface area is 185 Å². The summed E-state index contributed by atoms with van der Waals surface area (Å²) in [7, 11) is 3.46. The predicted molar refractivity (Wildman–Crippen MR) is 140 cm³/mol. The topological polar surface area (TPSA) is 18.5 Å². The summed E-state index contributed by atoms with van der Waals surface area (Å²) in [4.78, 5) is 0. The fraction of sp³-hybridized carbons (Fsp3) is 1.00. The minimum atomic E-state index is 0. The van der Waals surface area contributed by atoms with Crippen molar-refractivity contribution >= 4 is 0 Å². The molecule has 0 heterocycles. The molecule has 0 bridgehead atoms. The summed E-state index contributed by atoms with van der Waals surface area (Å²) in [5.41, 5.74) is 0. The molecule has 0 spiro atoms. The quantitative estimate of drug-likeness (QED) is 0.394. The van der Waals surface area contributed by atoms with E-state index >= 15 is 0 Å². The Balaban J connectivity index is -0.0000000305. The van der Waals surface area contributed by atoms with E-state index in [0.717, 1.165) is 31.0 Å². The van der Waals surface area contributed by atoms with Gasteiger partial charge in [0, 0.05) is 27.4 Å². The Kier molecular flexibility index (Phi) is 83.0. The van der Waals surface area contributed by atoms with Gasteiger partial charge in [-0.15, -0.1) is 0 Å². The molecule has 0 aromatic carbocycles. The molecule has 2 nitrogen and oxygen atoms in total. The van der Waals surface area contributed by atoms with Crippen LogP contribution in [0.3, 0.4) is 0 Å². The maximum atomic E-state index is 4.89. The Morgan fingerprint density at radius 3 is 0.786 bits per heavy atom. The van der Waals surface area contributed by atoms with Gasteiger partial charge in [0.1, 0.15) is 0 Å². The van der Waals surface area contributed by atoms with Crippen LogP contribution < -0.4 is 0 Å². The average molecular weight is 413 g/mol. The summed E-state index contributed by atoms with van der Waals surface area (Å²) in [5, 5.41) is 0. The van der Waals surface area contributed by atoms with Crippen LogP contribution in [0.5, 0.6) is 0 Å². The maximum Gasteiger partial charge on any atom is 0.0487 e. The molecule has 0 aliphatic heterocycles. The van der Waals surface area contributed by atoms with Gasteiger partial charge < -0.3 is 9.47 Å². The summed E-state index contributed by atoms with van der Waals surface area (Å²) >= 11 is 0. The molecule has 0 aliphatic carbocycles. The fourth-order valence-electron chi connectivity index (χ4n) is 1.02. The number of methoxy groups -OCH3 is 2. The zero-order chi connectivity index (χ0) is 20.0. The number of rotatable bonds is 8. The first-order valence-electron chi connectivity index (χ1n) is 10.1.